The van der Waals surface area contributed by atoms with E-state index in [1.54, 1.807) is 19.1 Å². The van der Waals surface area contributed by atoms with Gasteiger partial charge in [0.2, 0.25) is 0 Å². The smallest absolute Gasteiger partial charge is 0.347 e. The van der Waals surface area contributed by atoms with Crippen molar-refractivity contribution in [3.8, 4) is 0 Å². The van der Waals surface area contributed by atoms with Gasteiger partial charge in [-0.2, -0.15) is 0 Å². The first-order chi connectivity index (χ1) is 9.46. The molecule has 0 aliphatic rings. The monoisotopic (exact) mass is 272 g/mol. The lowest BCUT2D eigenvalue weighted by Gasteiger charge is -2.11. The Morgan fingerprint density at radius 1 is 1.40 bits per heavy atom. The fraction of sp³-hybridized carbons (Fsp3) is 0.235. The van der Waals surface area contributed by atoms with E-state index < -0.39 is 5.63 Å². The summed E-state index contributed by atoms with van der Waals surface area (Å²) in [7, 11) is 0. The first-order valence-electron chi connectivity index (χ1n) is 6.45. The van der Waals surface area contributed by atoms with E-state index in [1.807, 2.05) is 13.8 Å². The Bertz CT molecular complexity index is 643. The van der Waals surface area contributed by atoms with Crippen LogP contribution in [0.4, 0.5) is 0 Å². The van der Waals surface area contributed by atoms with Gasteiger partial charge in [0.1, 0.15) is 17.1 Å². The highest BCUT2D eigenvalue weighted by Gasteiger charge is 2.17. The van der Waals surface area contributed by atoms with Crippen LogP contribution in [0.3, 0.4) is 0 Å². The molecule has 106 valence electrons. The van der Waals surface area contributed by atoms with Crippen LogP contribution in [-0.4, -0.2) is 5.11 Å². The van der Waals surface area contributed by atoms with Crippen molar-refractivity contribution in [2.24, 2.45) is 0 Å². The SMILES string of the molecule is C=C/C=C(\O)c1c(C)c(CC)c(/C=C(/C)C=C)oc1=O. The molecular weight excluding hydrogens is 252 g/mol. The minimum absolute atomic E-state index is 0.128. The third-order valence-electron chi connectivity index (χ3n) is 3.10. The maximum atomic E-state index is 12.1. The predicted molar refractivity (Wildman–Crippen MR) is 83.7 cm³/mol. The quantitative estimate of drug-likeness (QED) is 0.646. The van der Waals surface area contributed by atoms with Gasteiger partial charge >= 0.3 is 5.63 Å². The van der Waals surface area contributed by atoms with Gasteiger partial charge in [-0.1, -0.05) is 32.2 Å². The van der Waals surface area contributed by atoms with Gasteiger partial charge in [-0.05, 0) is 49.1 Å². The molecule has 0 aliphatic carbocycles. The van der Waals surface area contributed by atoms with Crippen molar-refractivity contribution in [2.75, 3.05) is 0 Å². The zero-order valence-corrected chi connectivity index (χ0v) is 12.2. The Morgan fingerprint density at radius 2 is 2.05 bits per heavy atom. The van der Waals surface area contributed by atoms with Crippen LogP contribution in [-0.2, 0) is 6.42 Å². The van der Waals surface area contributed by atoms with Crippen LogP contribution in [0.1, 0.15) is 36.3 Å². The Labute approximate surface area is 119 Å². The van der Waals surface area contributed by atoms with Gasteiger partial charge in [0.15, 0.2) is 0 Å². The van der Waals surface area contributed by atoms with Crippen molar-refractivity contribution >= 4 is 11.8 Å². The molecule has 0 unspecified atom stereocenters. The van der Waals surface area contributed by atoms with E-state index in [2.05, 4.69) is 13.2 Å². The predicted octanol–water partition coefficient (Wildman–Crippen LogP) is 4.18. The van der Waals surface area contributed by atoms with Gasteiger partial charge in [-0.15, -0.1) is 0 Å². The molecule has 1 heterocycles. The molecule has 0 bridgehead atoms. The molecule has 0 atom stereocenters. The number of aliphatic hydroxyl groups excluding tert-OH is 1. The summed E-state index contributed by atoms with van der Waals surface area (Å²) in [5.74, 6) is 0.388. The van der Waals surface area contributed by atoms with Crippen molar-refractivity contribution in [3.63, 3.8) is 0 Å². The molecule has 0 saturated heterocycles. The molecule has 0 spiro atoms. The molecule has 0 fully saturated rings. The molecule has 1 N–H and O–H groups in total. The van der Waals surface area contributed by atoms with E-state index in [-0.39, 0.29) is 11.3 Å². The molecule has 3 nitrogen and oxygen atoms in total. The lowest BCUT2D eigenvalue weighted by molar-refractivity contribution is 0.469. The lowest BCUT2D eigenvalue weighted by Crippen LogP contribution is -2.13. The summed E-state index contributed by atoms with van der Waals surface area (Å²) < 4.78 is 5.34. The van der Waals surface area contributed by atoms with Gasteiger partial charge in [-0.3, -0.25) is 0 Å². The third-order valence-corrected chi connectivity index (χ3v) is 3.10. The van der Waals surface area contributed by atoms with Gasteiger partial charge in [0.05, 0.1) is 0 Å². The molecule has 0 radical (unpaired) electrons. The van der Waals surface area contributed by atoms with Gasteiger partial charge in [0.25, 0.3) is 0 Å². The average Bonchev–Trinajstić information content (AvgIpc) is 2.38. The Hall–Kier alpha value is -2.29. The molecule has 1 aromatic rings. The molecule has 20 heavy (non-hydrogen) atoms. The van der Waals surface area contributed by atoms with Crippen LogP contribution in [0.5, 0.6) is 0 Å². The van der Waals surface area contributed by atoms with Crippen molar-refractivity contribution in [3.05, 3.63) is 69.8 Å². The average molecular weight is 272 g/mol. The fourth-order valence-corrected chi connectivity index (χ4v) is 2.01. The highest BCUT2D eigenvalue weighted by atomic mass is 16.4. The number of hydrogen-bond acceptors (Lipinski definition) is 3. The second kappa shape index (κ2) is 6.75. The van der Waals surface area contributed by atoms with Crippen LogP contribution in [0.15, 0.2) is 46.2 Å². The first kappa shape index (κ1) is 15.8. The lowest BCUT2D eigenvalue weighted by atomic mass is 9.99. The summed E-state index contributed by atoms with van der Waals surface area (Å²) in [5, 5.41) is 9.92. The highest BCUT2D eigenvalue weighted by molar-refractivity contribution is 5.65. The maximum absolute atomic E-state index is 12.1. The maximum Gasteiger partial charge on any atom is 0.347 e. The topological polar surface area (TPSA) is 50.4 Å². The van der Waals surface area contributed by atoms with Crippen molar-refractivity contribution in [1.82, 2.24) is 0 Å². The molecule has 1 rings (SSSR count). The summed E-state index contributed by atoms with van der Waals surface area (Å²) in [6.07, 6.45) is 6.97. The second-order valence-corrected chi connectivity index (χ2v) is 4.47. The number of allylic oxidation sites excluding steroid dienone is 4. The zero-order chi connectivity index (χ0) is 15.3. The van der Waals surface area contributed by atoms with Crippen LogP contribution in [0, 0.1) is 6.92 Å². The minimum atomic E-state index is -0.557. The Morgan fingerprint density at radius 3 is 2.55 bits per heavy atom. The molecule has 1 aromatic heterocycles. The van der Waals surface area contributed by atoms with Crippen molar-refractivity contribution < 1.29 is 9.52 Å². The molecule has 0 amide bonds. The summed E-state index contributed by atoms with van der Waals surface area (Å²) in [5.41, 5.74) is 2.15. The van der Waals surface area contributed by atoms with Gasteiger partial charge in [-0.25, -0.2) is 4.79 Å². The Kier molecular flexibility index (Phi) is 5.32. The van der Waals surface area contributed by atoms with Crippen LogP contribution >= 0.6 is 0 Å². The van der Waals surface area contributed by atoms with Crippen LogP contribution < -0.4 is 5.63 Å². The van der Waals surface area contributed by atoms with E-state index in [1.165, 1.54) is 12.2 Å². The molecular formula is C17H20O3. The first-order valence-corrected chi connectivity index (χ1v) is 6.45. The fourth-order valence-electron chi connectivity index (χ4n) is 2.01. The van der Waals surface area contributed by atoms with Gasteiger partial charge < -0.3 is 9.52 Å². The van der Waals surface area contributed by atoms with Crippen molar-refractivity contribution in [1.29, 1.82) is 0 Å². The zero-order valence-electron chi connectivity index (χ0n) is 12.2. The summed E-state index contributed by atoms with van der Waals surface area (Å²) in [4.78, 5) is 12.1. The van der Waals surface area contributed by atoms with E-state index in [0.717, 1.165) is 16.7 Å². The molecule has 0 saturated carbocycles. The molecule has 0 aliphatic heterocycles. The highest BCUT2D eigenvalue weighted by Crippen LogP contribution is 2.22. The number of rotatable bonds is 5. The van der Waals surface area contributed by atoms with Crippen molar-refractivity contribution in [2.45, 2.75) is 27.2 Å². The van der Waals surface area contributed by atoms with E-state index in [4.69, 9.17) is 4.42 Å². The Balaban J connectivity index is 3.65. The largest absolute Gasteiger partial charge is 0.507 e. The van der Waals surface area contributed by atoms with E-state index in [0.29, 0.717) is 12.2 Å². The van der Waals surface area contributed by atoms with Gasteiger partial charge in [0, 0.05) is 0 Å². The van der Waals surface area contributed by atoms with E-state index in [9.17, 15) is 9.90 Å². The second-order valence-electron chi connectivity index (χ2n) is 4.47. The molecule has 0 aromatic carbocycles. The third kappa shape index (κ3) is 3.18. The standard InChI is InChI=1S/C17H20O3/c1-6-9-14(18)16-12(5)13(8-3)15(20-17(16)19)10-11(4)7-2/h6-7,9-10,18H,1-2,8H2,3-5H3/b11-10-,14-9-. The summed E-state index contributed by atoms with van der Waals surface area (Å²) in [6, 6.07) is 0. The van der Waals surface area contributed by atoms with Crippen LogP contribution in [0.2, 0.25) is 0 Å². The minimum Gasteiger partial charge on any atom is -0.507 e. The summed E-state index contributed by atoms with van der Waals surface area (Å²) in [6.45, 7) is 12.8. The number of hydrogen-bond donors (Lipinski definition) is 1. The van der Waals surface area contributed by atoms with Crippen LogP contribution in [0.25, 0.3) is 11.8 Å². The summed E-state index contributed by atoms with van der Waals surface area (Å²) >= 11 is 0. The normalized spacial score (nSPS) is 12.3. The molecule has 3 heteroatoms. The van der Waals surface area contributed by atoms with E-state index >= 15 is 0 Å². The number of aliphatic hydroxyl groups is 1.